The minimum Gasteiger partial charge on any atom is -0.269 e. The Morgan fingerprint density at radius 3 is 1.53 bits per heavy atom. The van der Waals surface area contributed by atoms with Gasteiger partial charge >= 0.3 is 0 Å². The van der Waals surface area contributed by atoms with Gasteiger partial charge in [-0.05, 0) is 130 Å². The molecule has 4 aromatic carbocycles. The van der Waals surface area contributed by atoms with Crippen molar-refractivity contribution in [2.75, 3.05) is 0 Å². The molecule has 0 spiro atoms. The van der Waals surface area contributed by atoms with Crippen molar-refractivity contribution >= 4 is 11.8 Å². The van der Waals surface area contributed by atoms with E-state index in [1.54, 1.807) is 0 Å². The Hall–Kier alpha value is -5.41. The van der Waals surface area contributed by atoms with Crippen LogP contribution in [0.25, 0.3) is 61.2 Å². The fourth-order valence-corrected chi connectivity index (χ4v) is 5.75. The molecule has 43 heavy (non-hydrogen) atoms. The predicted molar refractivity (Wildman–Crippen MR) is 180 cm³/mol. The number of aryl methyl sites for hydroxylation is 1. The van der Waals surface area contributed by atoms with Crippen LogP contribution >= 0.6 is 0 Å². The van der Waals surface area contributed by atoms with E-state index < -0.39 is 0 Å². The first-order chi connectivity index (χ1) is 21.2. The van der Waals surface area contributed by atoms with Crippen LogP contribution in [0.5, 0.6) is 0 Å². The summed E-state index contributed by atoms with van der Waals surface area (Å²) in [5, 5.41) is 0. The van der Waals surface area contributed by atoms with Gasteiger partial charge in [0.25, 0.3) is 0 Å². The minimum atomic E-state index is 0.982. The highest BCUT2D eigenvalue weighted by molar-refractivity contribution is 5.85. The van der Waals surface area contributed by atoms with Crippen LogP contribution in [-0.4, -0.2) is 16.2 Å². The summed E-state index contributed by atoms with van der Waals surface area (Å²) in [5.74, 6) is 0. The van der Waals surface area contributed by atoms with Gasteiger partial charge in [-0.1, -0.05) is 60.7 Å². The molecule has 0 unspecified atom stereocenters. The number of pyridine rings is 2. The van der Waals surface area contributed by atoms with E-state index in [1.807, 2.05) is 43.3 Å². The Bertz CT molecular complexity index is 1990. The van der Waals surface area contributed by atoms with E-state index in [-0.39, 0.29) is 0 Å². The zero-order chi connectivity index (χ0) is 29.0. The molecule has 0 N–H and O–H groups in total. The van der Waals surface area contributed by atoms with Crippen molar-refractivity contribution in [2.24, 2.45) is 4.99 Å². The van der Waals surface area contributed by atoms with Crippen molar-refractivity contribution in [1.29, 1.82) is 0 Å². The highest BCUT2D eigenvalue weighted by Crippen LogP contribution is 2.36. The van der Waals surface area contributed by atoms with E-state index in [2.05, 4.69) is 125 Å². The molecule has 0 atom stereocenters. The third-order valence-electron chi connectivity index (χ3n) is 7.97. The molecule has 0 radical (unpaired) electrons. The molecular formula is C40H31N3. The maximum Gasteiger partial charge on any atom is 0.0346 e. The summed E-state index contributed by atoms with van der Waals surface area (Å²) in [7, 11) is 0. The van der Waals surface area contributed by atoms with Gasteiger partial charge in [-0.15, -0.1) is 0 Å². The molecule has 0 amide bonds. The van der Waals surface area contributed by atoms with Crippen molar-refractivity contribution in [2.45, 2.75) is 19.8 Å². The molecule has 0 bridgehead atoms. The van der Waals surface area contributed by atoms with Crippen LogP contribution in [-0.2, 0) is 0 Å². The molecular weight excluding hydrogens is 522 g/mol. The van der Waals surface area contributed by atoms with Gasteiger partial charge in [-0.3, -0.25) is 15.0 Å². The number of aromatic nitrogens is 2. The van der Waals surface area contributed by atoms with E-state index in [4.69, 9.17) is 0 Å². The SMILES string of the molecule is Cc1cncc(-c2cccc(-c3cc(-c4cccc(C5=CN=CCC5)c4)cc(-c4cccc(-c5cccnc5)c4)c3)c2)c1. The van der Waals surface area contributed by atoms with Gasteiger partial charge in [0, 0.05) is 48.3 Å². The molecule has 6 aromatic rings. The van der Waals surface area contributed by atoms with Crippen molar-refractivity contribution in [3.63, 3.8) is 0 Å². The summed E-state index contributed by atoms with van der Waals surface area (Å²) in [6.45, 7) is 2.08. The molecule has 0 saturated carbocycles. The van der Waals surface area contributed by atoms with Crippen LogP contribution in [0.3, 0.4) is 0 Å². The highest BCUT2D eigenvalue weighted by atomic mass is 14.7. The Morgan fingerprint density at radius 2 is 0.977 bits per heavy atom. The van der Waals surface area contributed by atoms with E-state index in [9.17, 15) is 0 Å². The Balaban J connectivity index is 1.37. The third-order valence-corrected chi connectivity index (χ3v) is 7.97. The molecule has 7 rings (SSSR count). The van der Waals surface area contributed by atoms with Crippen LogP contribution in [0.2, 0.25) is 0 Å². The average Bonchev–Trinajstić information content (AvgIpc) is 3.09. The second-order valence-electron chi connectivity index (χ2n) is 11.1. The molecule has 1 aliphatic rings. The number of aliphatic imine (C=N–C) groups is 1. The van der Waals surface area contributed by atoms with E-state index in [0.717, 1.165) is 40.7 Å². The van der Waals surface area contributed by atoms with Crippen LogP contribution < -0.4 is 0 Å². The van der Waals surface area contributed by atoms with Crippen molar-refractivity contribution in [3.05, 3.63) is 151 Å². The maximum atomic E-state index is 4.43. The molecule has 0 fully saturated rings. The zero-order valence-corrected chi connectivity index (χ0v) is 24.1. The third kappa shape index (κ3) is 5.84. The lowest BCUT2D eigenvalue weighted by molar-refractivity contribution is 1.10. The van der Waals surface area contributed by atoms with E-state index >= 15 is 0 Å². The van der Waals surface area contributed by atoms with Gasteiger partial charge in [-0.25, -0.2) is 0 Å². The quantitative estimate of drug-likeness (QED) is 0.206. The maximum absolute atomic E-state index is 4.43. The number of benzene rings is 4. The largest absolute Gasteiger partial charge is 0.269 e. The lowest BCUT2D eigenvalue weighted by Gasteiger charge is -2.15. The second-order valence-corrected chi connectivity index (χ2v) is 11.1. The van der Waals surface area contributed by atoms with Crippen molar-refractivity contribution in [1.82, 2.24) is 9.97 Å². The summed E-state index contributed by atoms with van der Waals surface area (Å²) in [6, 6.07) is 39.6. The smallest absolute Gasteiger partial charge is 0.0346 e. The molecule has 3 nitrogen and oxygen atoms in total. The van der Waals surface area contributed by atoms with Crippen LogP contribution in [0.1, 0.15) is 24.0 Å². The minimum absolute atomic E-state index is 0.982. The monoisotopic (exact) mass is 553 g/mol. The highest BCUT2D eigenvalue weighted by Gasteiger charge is 2.12. The van der Waals surface area contributed by atoms with Crippen LogP contribution in [0.15, 0.2) is 145 Å². The van der Waals surface area contributed by atoms with Crippen LogP contribution in [0, 0.1) is 6.92 Å². The molecule has 0 saturated heterocycles. The standard InChI is InChI=1S/C40H31N3/c1-28-17-40(27-43-24-28)34-12-4-11-33(20-34)39-22-37(31-9-2-7-29(18-31)35-13-5-15-41-25-35)21-38(23-39)32-10-3-8-30(19-32)36-14-6-16-42-26-36/h2-5,7-13,15-27H,6,14H2,1H3. The molecule has 2 aromatic heterocycles. The lowest BCUT2D eigenvalue weighted by Crippen LogP contribution is -1.92. The summed E-state index contributed by atoms with van der Waals surface area (Å²) in [4.78, 5) is 13.2. The zero-order valence-electron chi connectivity index (χ0n) is 24.1. The number of hydrogen-bond donors (Lipinski definition) is 0. The molecule has 1 aliphatic heterocycles. The molecule has 0 aliphatic carbocycles. The van der Waals surface area contributed by atoms with Crippen molar-refractivity contribution in [3.8, 4) is 55.6 Å². The number of nitrogens with zero attached hydrogens (tertiary/aromatic N) is 3. The van der Waals surface area contributed by atoms with Crippen LogP contribution in [0.4, 0.5) is 0 Å². The Kier molecular flexibility index (Phi) is 7.29. The first-order valence-electron chi connectivity index (χ1n) is 14.7. The fourth-order valence-electron chi connectivity index (χ4n) is 5.75. The first kappa shape index (κ1) is 26.5. The predicted octanol–water partition coefficient (Wildman–Crippen LogP) is 10.3. The summed E-state index contributed by atoms with van der Waals surface area (Å²) in [5.41, 5.74) is 15.3. The second kappa shape index (κ2) is 11.8. The van der Waals surface area contributed by atoms with Crippen molar-refractivity contribution < 1.29 is 0 Å². The molecule has 3 heterocycles. The first-order valence-corrected chi connectivity index (χ1v) is 14.7. The molecule has 3 heteroatoms. The fraction of sp³-hybridized carbons (Fsp3) is 0.0750. The van der Waals surface area contributed by atoms with Gasteiger partial charge in [0.1, 0.15) is 0 Å². The van der Waals surface area contributed by atoms with Gasteiger partial charge in [0.15, 0.2) is 0 Å². The van der Waals surface area contributed by atoms with E-state index in [1.165, 1.54) is 44.5 Å². The number of allylic oxidation sites excluding steroid dienone is 1. The van der Waals surface area contributed by atoms with Gasteiger partial charge in [0.2, 0.25) is 0 Å². The van der Waals surface area contributed by atoms with Gasteiger partial charge < -0.3 is 0 Å². The van der Waals surface area contributed by atoms with E-state index in [0.29, 0.717) is 0 Å². The summed E-state index contributed by atoms with van der Waals surface area (Å²) >= 11 is 0. The average molecular weight is 554 g/mol. The van der Waals surface area contributed by atoms with Gasteiger partial charge in [-0.2, -0.15) is 0 Å². The number of rotatable bonds is 6. The normalized spacial score (nSPS) is 12.6. The Morgan fingerprint density at radius 1 is 0.465 bits per heavy atom. The lowest BCUT2D eigenvalue weighted by atomic mass is 9.90. The summed E-state index contributed by atoms with van der Waals surface area (Å²) in [6.07, 6.45) is 13.6. The number of hydrogen-bond acceptors (Lipinski definition) is 3. The van der Waals surface area contributed by atoms with Gasteiger partial charge in [0.05, 0.1) is 0 Å². The topological polar surface area (TPSA) is 38.1 Å². The Labute approximate surface area is 253 Å². The summed E-state index contributed by atoms with van der Waals surface area (Å²) < 4.78 is 0. The molecule has 206 valence electrons.